The Morgan fingerprint density at radius 3 is 2.53 bits per heavy atom. The van der Waals surface area contributed by atoms with Gasteiger partial charge < -0.3 is 31.5 Å². The van der Waals surface area contributed by atoms with Crippen LogP contribution in [0, 0.1) is 17.8 Å². The Morgan fingerprint density at radius 1 is 0.930 bits per heavy atom. The number of ether oxygens (including phenoxy) is 1. The molecule has 4 aromatic carbocycles. The number of ketones is 1. The molecule has 0 amide bonds. The first-order valence-electron chi connectivity index (χ1n) is 19.9. The van der Waals surface area contributed by atoms with Crippen LogP contribution in [-0.4, -0.2) is 28.3 Å². The number of carbonyl (C=O) groups is 1. The van der Waals surface area contributed by atoms with Gasteiger partial charge in [-0.25, -0.2) is 0 Å². The van der Waals surface area contributed by atoms with Gasteiger partial charge >= 0.3 is 0 Å². The fourth-order valence-corrected chi connectivity index (χ4v) is 7.36. The molecule has 1 aliphatic carbocycles. The van der Waals surface area contributed by atoms with Crippen LogP contribution >= 0.6 is 0 Å². The predicted octanol–water partition coefficient (Wildman–Crippen LogP) is 7.99. The van der Waals surface area contributed by atoms with Crippen LogP contribution in [0.5, 0.6) is 17.2 Å². The minimum atomic E-state index is -0.692. The molecular weight excluding hydrogens is 711 g/mol. The number of aromatic hydroxyl groups is 2. The van der Waals surface area contributed by atoms with Crippen molar-refractivity contribution < 1.29 is 24.9 Å². The van der Waals surface area contributed by atoms with E-state index >= 15 is 0 Å². The zero-order valence-electron chi connectivity index (χ0n) is 32.6. The SMILES string of the molecule is C[C@H](CCC/C=C/C(=O)CCc1ccc(O)c(OCCc2ccc(O)c([C@@H]3CC([O-])=C4C=CN=C4CC#Cc4cc(C(N)N)ccc43)c2)c1)CCc1ccccc1. The minimum absolute atomic E-state index is 0.0186. The number of hydrogen-bond donors (Lipinski definition) is 4. The number of aliphatic imine (C=N–C) groups is 1. The summed E-state index contributed by atoms with van der Waals surface area (Å²) in [5.41, 5.74) is 19.1. The molecule has 0 unspecified atom stereocenters. The number of carbonyl (C=O) groups excluding carboxylic acids is 1. The van der Waals surface area contributed by atoms with Gasteiger partial charge in [-0.1, -0.05) is 91.9 Å². The van der Waals surface area contributed by atoms with Crippen LogP contribution in [0.2, 0.25) is 0 Å². The van der Waals surface area contributed by atoms with Gasteiger partial charge in [-0.2, -0.15) is 0 Å². The number of nitrogens with zero attached hydrogens (tertiary/aromatic N) is 1. The summed E-state index contributed by atoms with van der Waals surface area (Å²) in [6, 6.07) is 26.7. The molecule has 2 aliphatic rings. The molecule has 0 bridgehead atoms. The number of benzene rings is 4. The average Bonchev–Trinajstić information content (AvgIpc) is 3.69. The molecule has 1 heterocycles. The van der Waals surface area contributed by atoms with Crippen molar-refractivity contribution in [2.45, 2.75) is 83.2 Å². The summed E-state index contributed by atoms with van der Waals surface area (Å²) in [6.45, 7) is 2.55. The number of unbranched alkanes of at least 4 members (excludes halogenated alkanes) is 1. The molecule has 294 valence electrons. The number of aryl methyl sites for hydroxylation is 2. The molecule has 0 radical (unpaired) electrons. The summed E-state index contributed by atoms with van der Waals surface area (Å²) in [4.78, 5) is 17.0. The van der Waals surface area contributed by atoms with Gasteiger partial charge in [-0.15, -0.1) is 5.76 Å². The van der Waals surface area contributed by atoms with E-state index in [1.807, 2.05) is 48.5 Å². The third-order valence-electron chi connectivity index (χ3n) is 10.7. The van der Waals surface area contributed by atoms with Crippen molar-refractivity contribution in [2.24, 2.45) is 22.4 Å². The van der Waals surface area contributed by atoms with E-state index in [1.54, 1.807) is 36.6 Å². The smallest absolute Gasteiger partial charge is 0.161 e. The van der Waals surface area contributed by atoms with E-state index in [-0.39, 0.29) is 36.1 Å². The second kappa shape index (κ2) is 19.8. The van der Waals surface area contributed by atoms with Crippen molar-refractivity contribution in [3.05, 3.63) is 160 Å². The Kier molecular flexibility index (Phi) is 14.2. The Hall–Kier alpha value is -5.88. The van der Waals surface area contributed by atoms with Crippen molar-refractivity contribution in [2.75, 3.05) is 6.61 Å². The summed E-state index contributed by atoms with van der Waals surface area (Å²) in [5, 5.41) is 35.5. The molecule has 0 saturated heterocycles. The van der Waals surface area contributed by atoms with Gasteiger partial charge in [-0.05, 0) is 114 Å². The van der Waals surface area contributed by atoms with Gasteiger partial charge in [-0.3, -0.25) is 9.79 Å². The van der Waals surface area contributed by atoms with Gasteiger partial charge in [0, 0.05) is 36.1 Å². The lowest BCUT2D eigenvalue weighted by Crippen LogP contribution is -2.21. The summed E-state index contributed by atoms with van der Waals surface area (Å²) in [6.07, 6.45) is 13.5. The quantitative estimate of drug-likeness (QED) is 0.0368. The van der Waals surface area contributed by atoms with Gasteiger partial charge in [0.1, 0.15) is 5.75 Å². The molecule has 57 heavy (non-hydrogen) atoms. The van der Waals surface area contributed by atoms with Gasteiger partial charge in [0.2, 0.25) is 0 Å². The van der Waals surface area contributed by atoms with E-state index in [9.17, 15) is 20.1 Å². The Bertz CT molecular complexity index is 2220. The van der Waals surface area contributed by atoms with Crippen LogP contribution in [0.25, 0.3) is 0 Å². The topological polar surface area (TPSA) is 154 Å². The number of phenols is 2. The third kappa shape index (κ3) is 11.3. The number of phenolic OH excluding ortho intramolecular Hbond substituents is 2. The van der Waals surface area contributed by atoms with Gasteiger partial charge in [0.25, 0.3) is 0 Å². The highest BCUT2D eigenvalue weighted by molar-refractivity contribution is 6.06. The number of hydrogen-bond acceptors (Lipinski definition) is 8. The zero-order valence-corrected chi connectivity index (χ0v) is 32.6. The Balaban J connectivity index is 1.05. The molecule has 8 heteroatoms. The molecule has 6 N–H and O–H groups in total. The summed E-state index contributed by atoms with van der Waals surface area (Å²) >= 11 is 0. The fraction of sp³-hybridized carbons (Fsp3) is 0.306. The van der Waals surface area contributed by atoms with E-state index in [4.69, 9.17) is 16.2 Å². The first-order chi connectivity index (χ1) is 27.6. The lowest BCUT2D eigenvalue weighted by atomic mass is 9.82. The van der Waals surface area contributed by atoms with Crippen molar-refractivity contribution in [1.82, 2.24) is 0 Å². The van der Waals surface area contributed by atoms with Crippen LogP contribution in [0.1, 0.15) is 103 Å². The van der Waals surface area contributed by atoms with E-state index in [1.165, 1.54) is 12.0 Å². The molecule has 8 nitrogen and oxygen atoms in total. The molecule has 0 saturated carbocycles. The Morgan fingerprint density at radius 2 is 1.72 bits per heavy atom. The number of fused-ring (bicyclic) bond motifs is 2. The third-order valence-corrected chi connectivity index (χ3v) is 10.7. The van der Waals surface area contributed by atoms with Crippen LogP contribution in [0.3, 0.4) is 0 Å². The minimum Gasteiger partial charge on any atom is -0.875 e. The van der Waals surface area contributed by atoms with E-state index in [0.717, 1.165) is 42.4 Å². The van der Waals surface area contributed by atoms with Crippen molar-refractivity contribution in [3.63, 3.8) is 0 Å². The standard InChI is InChI=1S/C49H53N3O5/c1-33(15-16-34-10-5-3-6-11-34)9-4-2-7-13-39(53)21-17-35-19-24-46(55)48(30-35)57-28-26-36-18-23-45(54)43(29-36)42-32-47(56)41-25-27-52-44(41)14-8-12-37-31-38(49(50)51)20-22-40(37)42/h3,5-7,10-11,13,18-20,22-25,27,29-31,33,42,49,54-56H,2,4,9,14-17,21,26,28,32,50-51H2,1H3/p-1/b13-7+,47-41?/t33-,42-/m1/s1. The molecule has 6 rings (SSSR count). The molecule has 0 spiro atoms. The first-order valence-corrected chi connectivity index (χ1v) is 19.9. The molecule has 0 aromatic heterocycles. The number of nitrogens with two attached hydrogens (primary N) is 2. The lowest BCUT2D eigenvalue weighted by molar-refractivity contribution is -0.307. The molecule has 2 atom stereocenters. The molecular formula is C49H52N3O5-. The maximum absolute atomic E-state index is 13.7. The van der Waals surface area contributed by atoms with Crippen LogP contribution in [0.15, 0.2) is 126 Å². The lowest BCUT2D eigenvalue weighted by Gasteiger charge is -2.27. The Labute approximate surface area is 336 Å². The highest BCUT2D eigenvalue weighted by Gasteiger charge is 2.24. The average molecular weight is 763 g/mol. The molecule has 0 fully saturated rings. The normalized spacial score (nSPS) is 15.5. The maximum Gasteiger partial charge on any atom is 0.161 e. The highest BCUT2D eigenvalue weighted by atomic mass is 16.5. The van der Waals surface area contributed by atoms with Crippen molar-refractivity contribution in [1.29, 1.82) is 0 Å². The second-order valence-electron chi connectivity index (χ2n) is 15.1. The molecule has 4 aromatic rings. The fourth-order valence-electron chi connectivity index (χ4n) is 7.36. The predicted molar refractivity (Wildman–Crippen MR) is 225 cm³/mol. The van der Waals surface area contributed by atoms with Crippen molar-refractivity contribution >= 4 is 11.5 Å². The van der Waals surface area contributed by atoms with Gasteiger partial charge in [0.05, 0.1) is 24.9 Å². The zero-order chi connectivity index (χ0) is 40.1. The molecule has 1 aliphatic heterocycles. The second-order valence-corrected chi connectivity index (χ2v) is 15.1. The monoisotopic (exact) mass is 762 g/mol. The number of allylic oxidation sites excluding steroid dienone is 5. The van der Waals surface area contributed by atoms with Crippen molar-refractivity contribution in [3.8, 4) is 29.1 Å². The summed E-state index contributed by atoms with van der Waals surface area (Å²) in [7, 11) is 0. The van der Waals surface area contributed by atoms with Crippen LogP contribution < -0.4 is 21.3 Å². The van der Waals surface area contributed by atoms with E-state index < -0.39 is 12.1 Å². The van der Waals surface area contributed by atoms with E-state index in [2.05, 4.69) is 48.0 Å². The van der Waals surface area contributed by atoms with Crippen LogP contribution in [0.4, 0.5) is 0 Å². The van der Waals surface area contributed by atoms with E-state index in [0.29, 0.717) is 65.3 Å². The number of rotatable bonds is 17. The first kappa shape index (κ1) is 40.8. The van der Waals surface area contributed by atoms with Crippen LogP contribution in [-0.2, 0) is 24.1 Å². The summed E-state index contributed by atoms with van der Waals surface area (Å²) < 4.78 is 6.05. The largest absolute Gasteiger partial charge is 0.875 e. The summed E-state index contributed by atoms with van der Waals surface area (Å²) in [5.74, 6) is 6.96. The van der Waals surface area contributed by atoms with Gasteiger partial charge in [0.15, 0.2) is 17.3 Å². The maximum atomic E-state index is 13.7. The highest BCUT2D eigenvalue weighted by Crippen LogP contribution is 2.39.